The summed E-state index contributed by atoms with van der Waals surface area (Å²) < 4.78 is 71.9. The van der Waals surface area contributed by atoms with E-state index in [4.69, 9.17) is 4.74 Å². The maximum absolute atomic E-state index is 13.7. The number of Topliss-reactive ketones (excluding diaryl/α,β-unsaturated/α-hetero) is 1. The smallest absolute Gasteiger partial charge is 0.388 e. The molecule has 4 aromatic carbocycles. The van der Waals surface area contributed by atoms with E-state index in [0.29, 0.717) is 11.8 Å². The lowest BCUT2D eigenvalue weighted by molar-refractivity contribution is -0.110. The van der Waals surface area contributed by atoms with Gasteiger partial charge in [-0.25, -0.2) is 0 Å². The highest BCUT2D eigenvalue weighted by molar-refractivity contribution is 7.95. The third kappa shape index (κ3) is 8.82. The summed E-state index contributed by atoms with van der Waals surface area (Å²) in [4.78, 5) is 25.5. The van der Waals surface area contributed by atoms with E-state index >= 15 is 0 Å². The largest absolute Gasteiger partial charge is 0.504 e. The van der Waals surface area contributed by atoms with E-state index in [2.05, 4.69) is 36.0 Å². The Morgan fingerprint density at radius 1 is 0.807 bits per heavy atom. The Morgan fingerprint density at radius 2 is 1.53 bits per heavy atom. The summed E-state index contributed by atoms with van der Waals surface area (Å²) in [7, 11) is -8.22. The summed E-state index contributed by atoms with van der Waals surface area (Å²) in [6, 6.07) is 21.7. The van der Waals surface area contributed by atoms with E-state index in [9.17, 15) is 51.4 Å². The summed E-state index contributed by atoms with van der Waals surface area (Å²) in [6.45, 7) is 0. The van der Waals surface area contributed by atoms with Crippen molar-refractivity contribution < 1.29 is 56.1 Å². The van der Waals surface area contributed by atoms with Gasteiger partial charge in [-0.1, -0.05) is 30.3 Å². The number of nitrogens with zero attached hydrogens (tertiary/aromatic N) is 7. The molecule has 7 N–H and O–H groups in total. The van der Waals surface area contributed by atoms with Gasteiger partial charge in [-0.2, -0.15) is 22.6 Å². The van der Waals surface area contributed by atoms with E-state index in [1.54, 1.807) is 48.5 Å². The predicted molar refractivity (Wildman–Crippen MR) is 204 cm³/mol. The van der Waals surface area contributed by atoms with Crippen molar-refractivity contribution in [2.24, 2.45) is 30.7 Å². The zero-order chi connectivity index (χ0) is 41.1. The Kier molecular flexibility index (Phi) is 11.2. The molecule has 57 heavy (non-hydrogen) atoms. The lowest BCUT2D eigenvalue weighted by Crippen LogP contribution is -2.24. The summed E-state index contributed by atoms with van der Waals surface area (Å²) >= 11 is 0. The highest BCUT2D eigenvalue weighted by atomic mass is 32.3. The maximum Gasteiger partial charge on any atom is 0.388 e. The average Bonchev–Trinajstić information content (AvgIpc) is 3.17. The number of para-hydroxylation sites is 2. The van der Waals surface area contributed by atoms with Crippen LogP contribution >= 0.6 is 0 Å². The average molecular weight is 816 g/mol. The summed E-state index contributed by atoms with van der Waals surface area (Å²) in [5.41, 5.74) is -2.68. The number of hydrogen-bond acceptors (Lipinski definition) is 17. The first-order valence-electron chi connectivity index (χ1n) is 15.9. The van der Waals surface area contributed by atoms with Crippen molar-refractivity contribution in [3.63, 3.8) is 0 Å². The number of ketones is 2. The minimum Gasteiger partial charge on any atom is -0.504 e. The highest BCUT2D eigenvalue weighted by Gasteiger charge is 2.33. The lowest BCUT2D eigenvalue weighted by Gasteiger charge is -2.18. The van der Waals surface area contributed by atoms with Crippen molar-refractivity contribution >= 4 is 76.9 Å². The van der Waals surface area contributed by atoms with E-state index in [0.717, 1.165) is 30.3 Å². The molecule has 2 aliphatic rings. The molecule has 0 heterocycles. The highest BCUT2D eigenvalue weighted by Crippen LogP contribution is 2.35. The van der Waals surface area contributed by atoms with Crippen LogP contribution in [-0.2, 0) is 34.4 Å². The van der Waals surface area contributed by atoms with Gasteiger partial charge in [-0.05, 0) is 58.8 Å². The zero-order valence-electron chi connectivity index (χ0n) is 28.9. The normalized spacial score (nSPS) is 16.3. The van der Waals surface area contributed by atoms with Crippen LogP contribution in [0.4, 0.5) is 28.4 Å². The van der Waals surface area contributed by atoms with E-state index in [1.165, 1.54) is 25.3 Å². The molecule has 0 unspecified atom stereocenters. The molecule has 0 aromatic heterocycles. The van der Waals surface area contributed by atoms with Gasteiger partial charge in [0.1, 0.15) is 39.1 Å². The van der Waals surface area contributed by atoms with Crippen LogP contribution < -0.4 is 15.3 Å². The summed E-state index contributed by atoms with van der Waals surface area (Å²) in [6.07, 6.45) is 1.43. The molecule has 2 aliphatic carbocycles. The molecule has 4 aromatic rings. The molecule has 0 radical (unpaired) electrons. The number of benzene rings is 4. The number of aliphatic hydroxyl groups excluding tert-OH is 1. The van der Waals surface area contributed by atoms with Crippen LogP contribution in [0.3, 0.4) is 0 Å². The first kappa shape index (κ1) is 39.8. The number of nitrogens with one attached hydrogen (secondary N) is 1. The van der Waals surface area contributed by atoms with Crippen LogP contribution in [0.5, 0.6) is 5.75 Å². The number of aliphatic hydroxyl groups is 1. The molecule has 20 nitrogen and oxygen atoms in total. The third-order valence-electron chi connectivity index (χ3n) is 7.89. The monoisotopic (exact) mass is 815 g/mol. The van der Waals surface area contributed by atoms with Gasteiger partial charge in [0.2, 0.25) is 11.6 Å². The predicted octanol–water partition coefficient (Wildman–Crippen LogP) is 6.59. The SMILES string of the molecule is COc1ccccc1N=NC1=C(O)C(N=Nc2ccc(Nc3ccccc3)c([S+](=O)(O)O)c2)=CC(=NN=C2C(=O)C=C(S(=O)(=O)O)c3cc(N(O)O)ccc32)C1=O. The minimum atomic E-state index is -5.03. The van der Waals surface area contributed by atoms with Gasteiger partial charge >= 0.3 is 10.5 Å². The van der Waals surface area contributed by atoms with Crippen LogP contribution in [-0.4, -0.2) is 67.7 Å². The zero-order valence-corrected chi connectivity index (χ0v) is 30.5. The van der Waals surface area contributed by atoms with Crippen LogP contribution in [0.2, 0.25) is 0 Å². The lowest BCUT2D eigenvalue weighted by atomic mass is 9.94. The molecule has 22 heteroatoms. The molecule has 0 atom stereocenters. The number of carbonyl (C=O) groups excluding carboxylic acids is 2. The van der Waals surface area contributed by atoms with E-state index in [1.807, 2.05) is 0 Å². The number of hydrogen-bond donors (Lipinski definition) is 7. The Labute approximate surface area is 322 Å². The van der Waals surface area contributed by atoms with Crippen LogP contribution in [0.15, 0.2) is 156 Å². The Hall–Kier alpha value is -6.92. The van der Waals surface area contributed by atoms with E-state index < -0.39 is 70.6 Å². The van der Waals surface area contributed by atoms with Crippen LogP contribution in [0.1, 0.15) is 11.1 Å². The summed E-state index contributed by atoms with van der Waals surface area (Å²) in [5, 5.41) is 56.4. The fourth-order valence-corrected chi connectivity index (χ4v) is 6.63. The fraction of sp³-hybridized carbons (Fsp3) is 0.0286. The fourth-order valence-electron chi connectivity index (χ4n) is 5.24. The van der Waals surface area contributed by atoms with Crippen molar-refractivity contribution in [1.82, 2.24) is 0 Å². The molecule has 0 fully saturated rings. The molecule has 0 aliphatic heterocycles. The summed E-state index contributed by atoms with van der Waals surface area (Å²) in [5.74, 6) is -2.76. The number of methoxy groups -OCH3 is 1. The number of carbonyl (C=O) groups is 2. The van der Waals surface area contributed by atoms with Crippen LogP contribution in [0, 0.1) is 0 Å². The van der Waals surface area contributed by atoms with Gasteiger partial charge in [0.15, 0.2) is 11.5 Å². The third-order valence-corrected chi connectivity index (χ3v) is 9.70. The topological polar surface area (TPSA) is 305 Å². The molecular formula is C35H27N8O12S2+. The number of rotatable bonds is 11. The van der Waals surface area contributed by atoms with Gasteiger partial charge in [0, 0.05) is 35.0 Å². The van der Waals surface area contributed by atoms with Gasteiger partial charge in [0.05, 0.1) is 18.5 Å². The molecule has 0 bridgehead atoms. The van der Waals surface area contributed by atoms with Gasteiger partial charge in [0.25, 0.3) is 15.0 Å². The van der Waals surface area contributed by atoms with Crippen molar-refractivity contribution in [2.75, 3.05) is 17.7 Å². The van der Waals surface area contributed by atoms with Crippen molar-refractivity contribution in [3.8, 4) is 5.75 Å². The molecule has 6 rings (SSSR count). The number of anilines is 3. The minimum absolute atomic E-state index is 0.0617. The second-order valence-electron chi connectivity index (χ2n) is 11.6. The van der Waals surface area contributed by atoms with Gasteiger partial charge in [-0.3, -0.25) is 24.6 Å². The molecule has 0 amide bonds. The van der Waals surface area contributed by atoms with Crippen LogP contribution in [0.25, 0.3) is 4.91 Å². The standard InChI is InChI=1S/C35H26N8O12S2/c1-55-29-10-6-5-9-24(29)38-42-33-34(45)26(39-37-20-11-14-25(31(15-20)57(52,53)54)36-19-7-3-2-4-8-19)17-27(35(33)46)40-41-32-22-13-12-21(43(47)48)16-23(22)30(18-28(32)44)56(49,50)51/h2-18,47-48H,1H3,(H4-,36,38,39,40,44,45,46,49,50,51,52,53,54)/p+1. The Bertz CT molecular complexity index is 2700. The molecule has 0 saturated heterocycles. The second kappa shape index (κ2) is 16.0. The maximum atomic E-state index is 13.7. The first-order chi connectivity index (χ1) is 27.0. The number of allylic oxidation sites excluding steroid dienone is 3. The molecule has 290 valence electrons. The van der Waals surface area contributed by atoms with Crippen molar-refractivity contribution in [3.05, 3.63) is 131 Å². The Balaban J connectivity index is 1.45. The Morgan fingerprint density at radius 3 is 2.21 bits per heavy atom. The van der Waals surface area contributed by atoms with E-state index in [-0.39, 0.29) is 44.9 Å². The van der Waals surface area contributed by atoms with Crippen molar-refractivity contribution in [2.45, 2.75) is 4.90 Å². The number of fused-ring (bicyclic) bond motifs is 1. The number of ether oxygens (including phenoxy) is 1. The quantitative estimate of drug-likeness (QED) is 0.0276. The first-order valence-corrected chi connectivity index (χ1v) is 18.8. The second-order valence-corrected chi connectivity index (χ2v) is 14.4. The molecule has 0 saturated carbocycles. The van der Waals surface area contributed by atoms with Gasteiger partial charge < -0.3 is 15.2 Å². The van der Waals surface area contributed by atoms with Crippen molar-refractivity contribution in [1.29, 1.82) is 0 Å². The molecule has 0 spiro atoms. The van der Waals surface area contributed by atoms with Gasteiger partial charge in [-0.15, -0.1) is 30.8 Å². The number of azo groups is 2. The molecular weight excluding hydrogens is 789 g/mol.